The molecule has 0 bridgehead atoms. The maximum absolute atomic E-state index is 12.8. The summed E-state index contributed by atoms with van der Waals surface area (Å²) < 4.78 is 0. The minimum atomic E-state index is -0.480. The SMILES string of the molecule is Cc1ccsc1C(=O)N1C[C@H](O)[C@@H](N2CCN(Cc3ccc(Cl)cc3)CC2)C1. The molecule has 7 heteroatoms. The fourth-order valence-corrected chi connectivity index (χ4v) is 5.15. The molecule has 2 aliphatic rings. The van der Waals surface area contributed by atoms with Crippen LogP contribution < -0.4 is 0 Å². The molecule has 0 aliphatic carbocycles. The summed E-state index contributed by atoms with van der Waals surface area (Å²) in [5, 5.41) is 13.3. The number of amides is 1. The Kier molecular flexibility index (Phi) is 6.04. The fourth-order valence-electron chi connectivity index (χ4n) is 4.13. The average Bonchev–Trinajstić information content (AvgIpc) is 3.29. The normalized spacial score (nSPS) is 24.0. The van der Waals surface area contributed by atoms with Gasteiger partial charge in [-0.2, -0.15) is 0 Å². The van der Waals surface area contributed by atoms with E-state index in [4.69, 9.17) is 11.6 Å². The standard InChI is InChI=1S/C21H26ClN3O2S/c1-15-6-11-28-20(15)21(27)25-13-18(19(26)14-25)24-9-7-23(8-10-24)12-16-2-4-17(22)5-3-16/h2-6,11,18-19,26H,7-10,12-14H2,1H3/t18-,19-/m0/s1. The molecule has 1 N–H and O–H groups in total. The number of halogens is 1. The van der Waals surface area contributed by atoms with Gasteiger partial charge >= 0.3 is 0 Å². The maximum atomic E-state index is 12.8. The number of carbonyl (C=O) groups is 1. The molecule has 28 heavy (non-hydrogen) atoms. The van der Waals surface area contributed by atoms with Gasteiger partial charge in [-0.05, 0) is 41.6 Å². The minimum absolute atomic E-state index is 0.0295. The van der Waals surface area contributed by atoms with Gasteiger partial charge in [-0.1, -0.05) is 23.7 Å². The van der Waals surface area contributed by atoms with Gasteiger partial charge in [0.05, 0.1) is 17.0 Å². The molecule has 1 amide bonds. The van der Waals surface area contributed by atoms with Gasteiger partial charge in [-0.15, -0.1) is 11.3 Å². The first-order valence-electron chi connectivity index (χ1n) is 9.73. The molecule has 0 radical (unpaired) electrons. The van der Waals surface area contributed by atoms with E-state index < -0.39 is 6.10 Å². The monoisotopic (exact) mass is 419 g/mol. The second kappa shape index (κ2) is 8.51. The van der Waals surface area contributed by atoms with E-state index in [0.717, 1.165) is 48.2 Å². The van der Waals surface area contributed by atoms with Crippen LogP contribution in [0.25, 0.3) is 0 Å². The van der Waals surface area contributed by atoms with Gasteiger partial charge in [0.25, 0.3) is 5.91 Å². The van der Waals surface area contributed by atoms with Gasteiger partial charge in [0, 0.05) is 50.8 Å². The smallest absolute Gasteiger partial charge is 0.264 e. The summed E-state index contributed by atoms with van der Waals surface area (Å²) in [6, 6.07) is 10.0. The molecule has 0 unspecified atom stereocenters. The highest BCUT2D eigenvalue weighted by Crippen LogP contribution is 2.24. The summed E-state index contributed by atoms with van der Waals surface area (Å²) in [7, 11) is 0. The Labute approximate surface area is 175 Å². The van der Waals surface area contributed by atoms with Crippen molar-refractivity contribution in [2.45, 2.75) is 25.6 Å². The average molecular weight is 420 g/mol. The van der Waals surface area contributed by atoms with Crippen LogP contribution in [0.3, 0.4) is 0 Å². The molecule has 0 saturated carbocycles. The first-order valence-corrected chi connectivity index (χ1v) is 11.0. The van der Waals surface area contributed by atoms with Gasteiger partial charge in [0.2, 0.25) is 0 Å². The lowest BCUT2D eigenvalue weighted by Crippen LogP contribution is -2.53. The lowest BCUT2D eigenvalue weighted by Gasteiger charge is -2.38. The van der Waals surface area contributed by atoms with Gasteiger partial charge in [-0.3, -0.25) is 14.6 Å². The number of aliphatic hydroxyl groups excluding tert-OH is 1. The van der Waals surface area contributed by atoms with Crippen LogP contribution in [0.1, 0.15) is 20.8 Å². The zero-order valence-corrected chi connectivity index (χ0v) is 17.6. The molecule has 5 nitrogen and oxygen atoms in total. The Morgan fingerprint density at radius 1 is 1.14 bits per heavy atom. The third-order valence-corrected chi connectivity index (χ3v) is 7.05. The number of rotatable bonds is 4. The predicted octanol–water partition coefficient (Wildman–Crippen LogP) is 2.71. The number of benzene rings is 1. The Balaban J connectivity index is 1.31. The van der Waals surface area contributed by atoms with E-state index in [-0.39, 0.29) is 11.9 Å². The van der Waals surface area contributed by atoms with Crippen LogP contribution in [-0.2, 0) is 6.54 Å². The van der Waals surface area contributed by atoms with E-state index >= 15 is 0 Å². The Morgan fingerprint density at radius 3 is 2.50 bits per heavy atom. The van der Waals surface area contributed by atoms with E-state index in [2.05, 4.69) is 21.9 Å². The van der Waals surface area contributed by atoms with E-state index in [1.165, 1.54) is 16.9 Å². The molecule has 2 aromatic rings. The zero-order chi connectivity index (χ0) is 19.7. The van der Waals surface area contributed by atoms with Gasteiger partial charge in [0.1, 0.15) is 0 Å². The van der Waals surface area contributed by atoms with Crippen molar-refractivity contribution in [3.63, 3.8) is 0 Å². The largest absolute Gasteiger partial charge is 0.390 e. The molecular formula is C21H26ClN3O2S. The van der Waals surface area contributed by atoms with E-state index in [1.807, 2.05) is 35.4 Å². The summed E-state index contributed by atoms with van der Waals surface area (Å²) in [5.74, 6) is 0.0513. The van der Waals surface area contributed by atoms with Crippen LogP contribution in [0.15, 0.2) is 35.7 Å². The van der Waals surface area contributed by atoms with Crippen molar-refractivity contribution in [3.8, 4) is 0 Å². The van der Waals surface area contributed by atoms with Crippen molar-refractivity contribution in [2.75, 3.05) is 39.3 Å². The van der Waals surface area contributed by atoms with Crippen LogP contribution >= 0.6 is 22.9 Å². The van der Waals surface area contributed by atoms with E-state index in [0.29, 0.717) is 13.1 Å². The maximum Gasteiger partial charge on any atom is 0.264 e. The molecular weight excluding hydrogens is 394 g/mol. The topological polar surface area (TPSA) is 47.0 Å². The first-order chi connectivity index (χ1) is 13.5. The van der Waals surface area contributed by atoms with Crippen molar-refractivity contribution in [1.29, 1.82) is 0 Å². The quantitative estimate of drug-likeness (QED) is 0.827. The summed E-state index contributed by atoms with van der Waals surface area (Å²) >= 11 is 7.45. The van der Waals surface area contributed by atoms with Crippen LogP contribution in [0.5, 0.6) is 0 Å². The molecule has 1 aromatic heterocycles. The number of nitrogens with zero attached hydrogens (tertiary/aromatic N) is 3. The number of aryl methyl sites for hydroxylation is 1. The molecule has 2 atom stereocenters. The highest BCUT2D eigenvalue weighted by Gasteiger charge is 2.39. The molecule has 0 spiro atoms. The number of aliphatic hydroxyl groups is 1. The van der Waals surface area contributed by atoms with Gasteiger partial charge < -0.3 is 10.0 Å². The molecule has 2 saturated heterocycles. The highest BCUT2D eigenvalue weighted by atomic mass is 35.5. The Hall–Kier alpha value is -1.44. The number of hydrogen-bond donors (Lipinski definition) is 1. The van der Waals surface area contributed by atoms with Crippen molar-refractivity contribution in [2.24, 2.45) is 0 Å². The summed E-state index contributed by atoms with van der Waals surface area (Å²) in [6.45, 7) is 7.66. The van der Waals surface area contributed by atoms with Gasteiger partial charge in [0.15, 0.2) is 0 Å². The van der Waals surface area contributed by atoms with Crippen LogP contribution in [-0.4, -0.2) is 77.1 Å². The number of piperazine rings is 1. The third-order valence-electron chi connectivity index (χ3n) is 5.80. The van der Waals surface area contributed by atoms with E-state index in [1.54, 1.807) is 0 Å². The van der Waals surface area contributed by atoms with Crippen LogP contribution in [0, 0.1) is 6.92 Å². The summed E-state index contributed by atoms with van der Waals surface area (Å²) in [5.41, 5.74) is 2.28. The fraction of sp³-hybridized carbons (Fsp3) is 0.476. The highest BCUT2D eigenvalue weighted by molar-refractivity contribution is 7.12. The Bertz CT molecular complexity index is 817. The molecule has 150 valence electrons. The zero-order valence-electron chi connectivity index (χ0n) is 16.1. The number of β-amino-alcohol motifs (C(OH)–C–C–N with tert-alkyl or cyclic N) is 1. The van der Waals surface area contributed by atoms with Crippen molar-refractivity contribution in [3.05, 3.63) is 56.7 Å². The number of likely N-dealkylation sites (tertiary alicyclic amines) is 1. The van der Waals surface area contributed by atoms with Crippen molar-refractivity contribution in [1.82, 2.24) is 14.7 Å². The second-order valence-electron chi connectivity index (χ2n) is 7.72. The molecule has 4 rings (SSSR count). The molecule has 2 aliphatic heterocycles. The lowest BCUT2D eigenvalue weighted by molar-refractivity contribution is 0.0423. The van der Waals surface area contributed by atoms with Gasteiger partial charge in [-0.25, -0.2) is 0 Å². The summed E-state index contributed by atoms with van der Waals surface area (Å²) in [6.07, 6.45) is -0.480. The second-order valence-corrected chi connectivity index (χ2v) is 9.07. The number of carbonyl (C=O) groups excluding carboxylic acids is 1. The molecule has 1 aromatic carbocycles. The Morgan fingerprint density at radius 2 is 1.86 bits per heavy atom. The third kappa shape index (κ3) is 4.26. The van der Waals surface area contributed by atoms with E-state index in [9.17, 15) is 9.90 Å². The molecule has 2 fully saturated rings. The number of hydrogen-bond acceptors (Lipinski definition) is 5. The van der Waals surface area contributed by atoms with Crippen LogP contribution in [0.4, 0.5) is 0 Å². The number of thiophene rings is 1. The minimum Gasteiger partial charge on any atom is -0.390 e. The van der Waals surface area contributed by atoms with Crippen molar-refractivity contribution >= 4 is 28.8 Å². The first kappa shape index (κ1) is 19.9. The lowest BCUT2D eigenvalue weighted by atomic mass is 10.1. The van der Waals surface area contributed by atoms with Crippen LogP contribution in [0.2, 0.25) is 5.02 Å². The molecule has 3 heterocycles. The predicted molar refractivity (Wildman–Crippen MR) is 113 cm³/mol. The van der Waals surface area contributed by atoms with Crippen molar-refractivity contribution < 1.29 is 9.90 Å². The summed E-state index contributed by atoms with van der Waals surface area (Å²) in [4.78, 5) is 20.2.